The van der Waals surface area contributed by atoms with Crippen LogP contribution in [-0.2, 0) is 0 Å². The Bertz CT molecular complexity index is 457. The molecule has 1 aromatic carbocycles. The van der Waals surface area contributed by atoms with E-state index in [2.05, 4.69) is 11.9 Å². The Morgan fingerprint density at radius 2 is 2.17 bits per heavy atom. The van der Waals surface area contributed by atoms with Gasteiger partial charge in [-0.05, 0) is 38.5 Å². The van der Waals surface area contributed by atoms with Gasteiger partial charge in [-0.1, -0.05) is 29.8 Å². The summed E-state index contributed by atoms with van der Waals surface area (Å²) in [7, 11) is 0. The Labute approximate surface area is 113 Å². The maximum absolute atomic E-state index is 12.0. The highest BCUT2D eigenvalue weighted by atomic mass is 35.5. The predicted molar refractivity (Wildman–Crippen MR) is 77.3 cm³/mol. The minimum atomic E-state index is -0.139. The van der Waals surface area contributed by atoms with Crippen molar-refractivity contribution in [1.29, 1.82) is 0 Å². The highest BCUT2D eigenvalue weighted by molar-refractivity contribution is 6.31. The molecule has 0 heterocycles. The molecule has 0 aliphatic heterocycles. The summed E-state index contributed by atoms with van der Waals surface area (Å²) in [4.78, 5) is 13.7. The summed E-state index contributed by atoms with van der Waals surface area (Å²) < 4.78 is 0. The molecular formula is C14H19ClN2O. The second kappa shape index (κ2) is 6.45. The van der Waals surface area contributed by atoms with Crippen LogP contribution >= 0.6 is 11.6 Å². The number of hydrogen-bond donors (Lipinski definition) is 1. The van der Waals surface area contributed by atoms with Gasteiger partial charge in [0.25, 0.3) is 0 Å². The molecule has 2 amide bonds. The van der Waals surface area contributed by atoms with Crippen molar-refractivity contribution in [3.05, 3.63) is 40.9 Å². The summed E-state index contributed by atoms with van der Waals surface area (Å²) in [5, 5.41) is 3.48. The van der Waals surface area contributed by atoms with Crippen molar-refractivity contribution in [3.63, 3.8) is 0 Å². The lowest BCUT2D eigenvalue weighted by molar-refractivity contribution is 0.218. The molecule has 0 aliphatic rings. The van der Waals surface area contributed by atoms with Gasteiger partial charge in [0, 0.05) is 23.8 Å². The van der Waals surface area contributed by atoms with Gasteiger partial charge in [0.1, 0.15) is 0 Å². The Morgan fingerprint density at radius 1 is 1.50 bits per heavy atom. The van der Waals surface area contributed by atoms with E-state index in [-0.39, 0.29) is 6.03 Å². The van der Waals surface area contributed by atoms with E-state index in [1.807, 2.05) is 32.9 Å². The van der Waals surface area contributed by atoms with Crippen LogP contribution in [0.5, 0.6) is 0 Å². The van der Waals surface area contributed by atoms with Crippen LogP contribution in [0.4, 0.5) is 10.5 Å². The Balaban J connectivity index is 2.73. The number of carbonyl (C=O) groups excluding carboxylic acids is 1. The Kier molecular flexibility index (Phi) is 5.23. The summed E-state index contributed by atoms with van der Waals surface area (Å²) in [6.07, 6.45) is 0. The third-order valence-electron chi connectivity index (χ3n) is 2.55. The summed E-state index contributed by atoms with van der Waals surface area (Å²) in [5.41, 5.74) is 2.65. The molecule has 0 spiro atoms. The average molecular weight is 267 g/mol. The maximum Gasteiger partial charge on any atom is 0.322 e. The molecule has 3 nitrogen and oxygen atoms in total. The Hall–Kier alpha value is -1.48. The largest absolute Gasteiger partial charge is 0.322 e. The number of likely N-dealkylation sites (N-methyl/N-ethyl adjacent to an activating group) is 1. The number of hydrogen-bond acceptors (Lipinski definition) is 1. The molecule has 0 bridgehead atoms. The van der Waals surface area contributed by atoms with Gasteiger partial charge >= 0.3 is 6.03 Å². The number of halogens is 1. The molecule has 0 aromatic heterocycles. The van der Waals surface area contributed by atoms with Crippen LogP contribution in [0.15, 0.2) is 30.4 Å². The third kappa shape index (κ3) is 4.08. The maximum atomic E-state index is 12.0. The van der Waals surface area contributed by atoms with Crippen LogP contribution in [-0.4, -0.2) is 24.0 Å². The zero-order valence-corrected chi connectivity index (χ0v) is 11.8. The van der Waals surface area contributed by atoms with E-state index < -0.39 is 0 Å². The van der Waals surface area contributed by atoms with E-state index >= 15 is 0 Å². The molecule has 0 saturated heterocycles. The van der Waals surface area contributed by atoms with E-state index in [9.17, 15) is 4.79 Å². The molecule has 1 rings (SSSR count). The fourth-order valence-electron chi connectivity index (χ4n) is 1.53. The van der Waals surface area contributed by atoms with Gasteiger partial charge in [-0.2, -0.15) is 0 Å². The van der Waals surface area contributed by atoms with Crippen LogP contribution < -0.4 is 5.32 Å². The zero-order chi connectivity index (χ0) is 13.7. The zero-order valence-electron chi connectivity index (χ0n) is 11.1. The Morgan fingerprint density at radius 3 is 2.67 bits per heavy atom. The minimum absolute atomic E-state index is 0.139. The van der Waals surface area contributed by atoms with Crippen molar-refractivity contribution < 1.29 is 4.79 Å². The molecule has 1 aromatic rings. The second-order valence-electron chi connectivity index (χ2n) is 4.37. The van der Waals surface area contributed by atoms with Gasteiger partial charge in [-0.15, -0.1) is 0 Å². The smallest absolute Gasteiger partial charge is 0.321 e. The van der Waals surface area contributed by atoms with Gasteiger partial charge < -0.3 is 10.2 Å². The molecule has 98 valence electrons. The SMILES string of the molecule is C=C(C)CN(CC)C(=O)Nc1ccc(C)c(Cl)c1. The fraction of sp³-hybridized carbons (Fsp3) is 0.357. The summed E-state index contributed by atoms with van der Waals surface area (Å²) in [5.74, 6) is 0. The normalized spacial score (nSPS) is 10.0. The highest BCUT2D eigenvalue weighted by Gasteiger charge is 2.11. The predicted octanol–water partition coefficient (Wildman–Crippen LogP) is 4.08. The fourth-order valence-corrected chi connectivity index (χ4v) is 1.71. The first-order chi connectivity index (χ1) is 8.43. The summed E-state index contributed by atoms with van der Waals surface area (Å²) in [6, 6.07) is 5.34. The van der Waals surface area contributed by atoms with Gasteiger partial charge in [-0.3, -0.25) is 0 Å². The summed E-state index contributed by atoms with van der Waals surface area (Å²) in [6.45, 7) is 10.8. The molecule has 0 unspecified atom stereocenters. The number of carbonyl (C=O) groups is 1. The number of benzene rings is 1. The minimum Gasteiger partial charge on any atom is -0.321 e. The van der Waals surface area contributed by atoms with E-state index in [0.29, 0.717) is 23.8 Å². The van der Waals surface area contributed by atoms with Crippen LogP contribution in [0.1, 0.15) is 19.4 Å². The van der Waals surface area contributed by atoms with Crippen molar-refractivity contribution in [2.45, 2.75) is 20.8 Å². The van der Waals surface area contributed by atoms with E-state index in [1.165, 1.54) is 0 Å². The van der Waals surface area contributed by atoms with Crippen LogP contribution in [0.3, 0.4) is 0 Å². The van der Waals surface area contributed by atoms with E-state index in [4.69, 9.17) is 11.6 Å². The number of nitrogens with one attached hydrogen (secondary N) is 1. The molecule has 0 radical (unpaired) electrons. The molecule has 4 heteroatoms. The number of aryl methyl sites for hydroxylation is 1. The lowest BCUT2D eigenvalue weighted by Crippen LogP contribution is -2.35. The second-order valence-corrected chi connectivity index (χ2v) is 4.77. The topological polar surface area (TPSA) is 32.3 Å². The number of amides is 2. The van der Waals surface area contributed by atoms with Crippen molar-refractivity contribution in [3.8, 4) is 0 Å². The number of urea groups is 1. The molecule has 0 aliphatic carbocycles. The molecule has 18 heavy (non-hydrogen) atoms. The molecular weight excluding hydrogens is 248 g/mol. The first-order valence-corrected chi connectivity index (χ1v) is 6.28. The molecule has 0 saturated carbocycles. The van der Waals surface area contributed by atoms with Crippen molar-refractivity contribution in [2.24, 2.45) is 0 Å². The lowest BCUT2D eigenvalue weighted by Gasteiger charge is -2.21. The quantitative estimate of drug-likeness (QED) is 0.819. The first kappa shape index (κ1) is 14.6. The summed E-state index contributed by atoms with van der Waals surface area (Å²) >= 11 is 6.02. The average Bonchev–Trinajstić information content (AvgIpc) is 2.30. The van der Waals surface area contributed by atoms with Crippen LogP contribution in [0, 0.1) is 6.92 Å². The molecule has 0 fully saturated rings. The number of rotatable bonds is 4. The van der Waals surface area contributed by atoms with Gasteiger partial charge in [0.2, 0.25) is 0 Å². The van der Waals surface area contributed by atoms with Crippen molar-refractivity contribution in [2.75, 3.05) is 18.4 Å². The third-order valence-corrected chi connectivity index (χ3v) is 2.96. The van der Waals surface area contributed by atoms with Crippen LogP contribution in [0.2, 0.25) is 5.02 Å². The standard InChI is InChI=1S/C14H19ClN2O/c1-5-17(9-10(2)3)14(18)16-12-7-6-11(4)13(15)8-12/h6-8H,2,5,9H2,1,3-4H3,(H,16,18). The molecule has 0 atom stereocenters. The molecule has 1 N–H and O–H groups in total. The van der Waals surface area contributed by atoms with E-state index in [0.717, 1.165) is 11.1 Å². The van der Waals surface area contributed by atoms with E-state index in [1.54, 1.807) is 11.0 Å². The van der Waals surface area contributed by atoms with Gasteiger partial charge in [0.15, 0.2) is 0 Å². The van der Waals surface area contributed by atoms with Gasteiger partial charge in [0.05, 0.1) is 0 Å². The number of anilines is 1. The van der Waals surface area contributed by atoms with Crippen molar-refractivity contribution in [1.82, 2.24) is 4.90 Å². The first-order valence-electron chi connectivity index (χ1n) is 5.90. The number of nitrogens with zero attached hydrogens (tertiary/aromatic N) is 1. The van der Waals surface area contributed by atoms with Crippen LogP contribution in [0.25, 0.3) is 0 Å². The van der Waals surface area contributed by atoms with Crippen molar-refractivity contribution >= 4 is 23.3 Å². The van der Waals surface area contributed by atoms with Gasteiger partial charge in [-0.25, -0.2) is 4.79 Å². The lowest BCUT2D eigenvalue weighted by atomic mass is 10.2. The highest BCUT2D eigenvalue weighted by Crippen LogP contribution is 2.20. The monoisotopic (exact) mass is 266 g/mol.